The van der Waals surface area contributed by atoms with Gasteiger partial charge in [-0.25, -0.2) is 0 Å². The topological polar surface area (TPSA) is 0 Å². The summed E-state index contributed by atoms with van der Waals surface area (Å²) in [7, 11) is 0. The number of benzene rings is 12. The van der Waals surface area contributed by atoms with E-state index in [1.54, 1.807) is 0 Å². The summed E-state index contributed by atoms with van der Waals surface area (Å²) in [5.74, 6) is 0. The van der Waals surface area contributed by atoms with Crippen LogP contribution in [-0.2, 0) is 0 Å². The number of rotatable bonds is 3. The highest BCUT2D eigenvalue weighted by atomic mass is 14.3. The van der Waals surface area contributed by atoms with Gasteiger partial charge in [0.05, 0.1) is 0 Å². The lowest BCUT2D eigenvalue weighted by atomic mass is 9.79. The zero-order valence-electron chi connectivity index (χ0n) is 30.6. The molecule has 12 aromatic carbocycles. The van der Waals surface area contributed by atoms with Crippen LogP contribution in [0.15, 0.2) is 206 Å². The molecule has 0 saturated carbocycles. The molecule has 0 aliphatic rings. The summed E-state index contributed by atoms with van der Waals surface area (Å²) in [5, 5.41) is 20.1. The van der Waals surface area contributed by atoms with Gasteiger partial charge in [-0.05, 0) is 144 Å². The van der Waals surface area contributed by atoms with Crippen LogP contribution in [-0.4, -0.2) is 0 Å². The summed E-state index contributed by atoms with van der Waals surface area (Å²) in [4.78, 5) is 0. The average Bonchev–Trinajstić information content (AvgIpc) is 3.26. The molecule has 0 radical (unpaired) electrons. The fourth-order valence-corrected chi connectivity index (χ4v) is 9.73. The van der Waals surface area contributed by atoms with Crippen LogP contribution in [0.2, 0.25) is 0 Å². The summed E-state index contributed by atoms with van der Waals surface area (Å²) >= 11 is 0. The van der Waals surface area contributed by atoms with Gasteiger partial charge in [0.15, 0.2) is 0 Å². The van der Waals surface area contributed by atoms with Crippen molar-refractivity contribution in [3.05, 3.63) is 206 Å². The van der Waals surface area contributed by atoms with E-state index in [9.17, 15) is 0 Å². The molecule has 0 N–H and O–H groups in total. The predicted molar refractivity (Wildman–Crippen MR) is 243 cm³/mol. The Morgan fingerprint density at radius 1 is 0.161 bits per heavy atom. The van der Waals surface area contributed by atoms with Crippen LogP contribution in [0.25, 0.3) is 120 Å². The van der Waals surface area contributed by atoms with E-state index in [2.05, 4.69) is 206 Å². The van der Waals surface area contributed by atoms with Crippen LogP contribution < -0.4 is 0 Å². The molecule has 56 heavy (non-hydrogen) atoms. The maximum Gasteiger partial charge on any atom is -0.00137 e. The van der Waals surface area contributed by atoms with Crippen molar-refractivity contribution >= 4 is 86.2 Å². The minimum atomic E-state index is 1.24. The van der Waals surface area contributed by atoms with E-state index < -0.39 is 0 Å². The van der Waals surface area contributed by atoms with Crippen molar-refractivity contribution in [2.45, 2.75) is 0 Å². The third kappa shape index (κ3) is 4.54. The lowest BCUT2D eigenvalue weighted by Gasteiger charge is -2.23. The minimum Gasteiger partial charge on any atom is -0.0616 e. The maximum atomic E-state index is 2.46. The summed E-state index contributed by atoms with van der Waals surface area (Å²) in [6, 6.07) is 76.9. The van der Waals surface area contributed by atoms with Gasteiger partial charge in [0.2, 0.25) is 0 Å². The van der Waals surface area contributed by atoms with Gasteiger partial charge >= 0.3 is 0 Å². The number of hydrogen-bond donors (Lipinski definition) is 0. The van der Waals surface area contributed by atoms with Crippen molar-refractivity contribution in [3.63, 3.8) is 0 Å². The normalized spacial score (nSPS) is 11.9. The number of fused-ring (bicyclic) bond motifs is 8. The van der Waals surface area contributed by atoms with E-state index in [1.807, 2.05) is 0 Å². The average molecular weight is 707 g/mol. The molecule has 0 aliphatic carbocycles. The summed E-state index contributed by atoms with van der Waals surface area (Å²) in [5.41, 5.74) is 7.66. The van der Waals surface area contributed by atoms with Gasteiger partial charge in [0.1, 0.15) is 0 Å². The number of hydrogen-bond acceptors (Lipinski definition) is 0. The van der Waals surface area contributed by atoms with E-state index in [0.29, 0.717) is 0 Å². The van der Waals surface area contributed by atoms with Gasteiger partial charge in [0, 0.05) is 0 Å². The predicted octanol–water partition coefficient (Wildman–Crippen LogP) is 15.9. The first-order valence-corrected chi connectivity index (χ1v) is 19.5. The van der Waals surface area contributed by atoms with Crippen LogP contribution in [0.5, 0.6) is 0 Å². The maximum absolute atomic E-state index is 2.46. The second-order valence-corrected chi connectivity index (χ2v) is 15.1. The van der Waals surface area contributed by atoms with Crippen molar-refractivity contribution in [1.29, 1.82) is 0 Å². The Bertz CT molecular complexity index is 3340. The molecule has 0 fully saturated rings. The molecule has 0 nitrogen and oxygen atoms in total. The standard InChI is InChI=1S/C56H34/c1-3-19-39-33-51-49(31-37(39)17-1)53(43-29-13-21-35-15-5-7-23-41(35)43)45-25-9-11-27-47(45)55(51)56-48-28-12-10-26-46(48)54(44-30-14-22-36-16-6-8-24-42(36)44)50-32-38-18-2-4-20-40(38)34-52(50)56/h1-34H. The molecule has 0 spiro atoms. The molecule has 12 aromatic rings. The first-order chi connectivity index (χ1) is 27.8. The molecule has 0 atom stereocenters. The van der Waals surface area contributed by atoms with Crippen LogP contribution in [0.1, 0.15) is 0 Å². The molecule has 0 bridgehead atoms. The molecule has 0 heteroatoms. The van der Waals surface area contributed by atoms with Crippen LogP contribution in [0, 0.1) is 0 Å². The van der Waals surface area contributed by atoms with Crippen LogP contribution >= 0.6 is 0 Å². The molecule has 0 unspecified atom stereocenters. The van der Waals surface area contributed by atoms with E-state index in [1.165, 1.54) is 120 Å². The smallest absolute Gasteiger partial charge is 0.00137 e. The Labute approximate surface area is 324 Å². The highest BCUT2D eigenvalue weighted by Gasteiger charge is 2.24. The second-order valence-electron chi connectivity index (χ2n) is 15.1. The fraction of sp³-hybridized carbons (Fsp3) is 0. The molecule has 0 aliphatic heterocycles. The van der Waals surface area contributed by atoms with Crippen molar-refractivity contribution in [2.24, 2.45) is 0 Å². The third-order valence-electron chi connectivity index (χ3n) is 12.1. The first kappa shape index (κ1) is 31.1. The van der Waals surface area contributed by atoms with Crippen molar-refractivity contribution in [3.8, 4) is 33.4 Å². The SMILES string of the molecule is c1ccc2cc3c(-c4c5ccccc5c(-c5cccc6ccccc56)c5cc6ccccc6cc45)c4ccccc4c(-c4cccc5ccccc45)c3cc2c1. The van der Waals surface area contributed by atoms with E-state index in [4.69, 9.17) is 0 Å². The van der Waals surface area contributed by atoms with Crippen molar-refractivity contribution in [2.75, 3.05) is 0 Å². The van der Waals surface area contributed by atoms with Crippen LogP contribution in [0.4, 0.5) is 0 Å². The minimum absolute atomic E-state index is 1.24. The zero-order chi connectivity index (χ0) is 36.7. The van der Waals surface area contributed by atoms with Gasteiger partial charge in [-0.15, -0.1) is 0 Å². The van der Waals surface area contributed by atoms with Gasteiger partial charge in [0.25, 0.3) is 0 Å². The molecule has 0 heterocycles. The molecular weight excluding hydrogens is 673 g/mol. The fourth-order valence-electron chi connectivity index (χ4n) is 9.73. The molecule has 0 aromatic heterocycles. The van der Waals surface area contributed by atoms with Crippen molar-refractivity contribution < 1.29 is 0 Å². The molecule has 0 amide bonds. The molecule has 12 rings (SSSR count). The Kier molecular flexibility index (Phi) is 6.73. The summed E-state index contributed by atoms with van der Waals surface area (Å²) in [6.45, 7) is 0. The van der Waals surface area contributed by atoms with Gasteiger partial charge in [-0.3, -0.25) is 0 Å². The van der Waals surface area contributed by atoms with E-state index in [-0.39, 0.29) is 0 Å². The Morgan fingerprint density at radius 2 is 0.411 bits per heavy atom. The Hall–Kier alpha value is -7.28. The van der Waals surface area contributed by atoms with E-state index >= 15 is 0 Å². The largest absolute Gasteiger partial charge is 0.0616 e. The first-order valence-electron chi connectivity index (χ1n) is 19.5. The van der Waals surface area contributed by atoms with Gasteiger partial charge in [-0.2, -0.15) is 0 Å². The monoisotopic (exact) mass is 706 g/mol. The van der Waals surface area contributed by atoms with Gasteiger partial charge in [-0.1, -0.05) is 182 Å². The summed E-state index contributed by atoms with van der Waals surface area (Å²) in [6.07, 6.45) is 0. The lowest BCUT2D eigenvalue weighted by molar-refractivity contribution is 1.69. The zero-order valence-corrected chi connectivity index (χ0v) is 30.6. The quantitative estimate of drug-likeness (QED) is 0.160. The molecule has 258 valence electrons. The second kappa shape index (κ2) is 12.1. The molecular formula is C56H34. The Morgan fingerprint density at radius 3 is 0.768 bits per heavy atom. The highest BCUT2D eigenvalue weighted by molar-refractivity contribution is 6.33. The lowest BCUT2D eigenvalue weighted by Crippen LogP contribution is -1.96. The molecule has 0 saturated heterocycles. The van der Waals surface area contributed by atoms with E-state index in [0.717, 1.165) is 0 Å². The van der Waals surface area contributed by atoms with Crippen LogP contribution in [0.3, 0.4) is 0 Å². The van der Waals surface area contributed by atoms with Crippen molar-refractivity contribution in [1.82, 2.24) is 0 Å². The summed E-state index contributed by atoms with van der Waals surface area (Å²) < 4.78 is 0. The third-order valence-corrected chi connectivity index (χ3v) is 12.1. The Balaban J connectivity index is 1.33. The highest BCUT2D eigenvalue weighted by Crippen LogP contribution is 2.52. The van der Waals surface area contributed by atoms with Gasteiger partial charge < -0.3 is 0 Å².